The molecule has 7 nitrogen and oxygen atoms in total. The second-order valence-electron chi connectivity index (χ2n) is 7.96. The summed E-state index contributed by atoms with van der Waals surface area (Å²) in [4.78, 5) is 25.2. The van der Waals surface area contributed by atoms with E-state index >= 15 is 0 Å². The summed E-state index contributed by atoms with van der Waals surface area (Å²) < 4.78 is 6.31. The topological polar surface area (TPSA) is 70.6 Å². The molecular weight excluding hydrogens is 402 g/mol. The zero-order chi connectivity index (χ0) is 22.3. The molecule has 0 bridgehead atoms. The second-order valence-corrected chi connectivity index (χ2v) is 7.96. The Labute approximate surface area is 189 Å². The molecular formula is C25H29N5O2. The lowest BCUT2D eigenvalue weighted by molar-refractivity contribution is 0.0754. The van der Waals surface area contributed by atoms with Gasteiger partial charge in [-0.2, -0.15) is 0 Å². The summed E-state index contributed by atoms with van der Waals surface area (Å²) >= 11 is 0. The molecule has 0 saturated heterocycles. The van der Waals surface area contributed by atoms with Gasteiger partial charge in [0.15, 0.2) is 0 Å². The molecule has 1 aromatic heterocycles. The Kier molecular flexibility index (Phi) is 6.97. The van der Waals surface area contributed by atoms with Gasteiger partial charge in [0.2, 0.25) is 0 Å². The van der Waals surface area contributed by atoms with E-state index in [1.165, 1.54) is 6.33 Å². The third-order valence-electron chi connectivity index (χ3n) is 5.68. The Morgan fingerprint density at radius 2 is 1.88 bits per heavy atom. The predicted octanol–water partition coefficient (Wildman–Crippen LogP) is 3.30. The summed E-state index contributed by atoms with van der Waals surface area (Å²) in [6.07, 6.45) is 3.94. The van der Waals surface area contributed by atoms with Gasteiger partial charge in [-0.3, -0.25) is 4.79 Å². The summed E-state index contributed by atoms with van der Waals surface area (Å²) in [5.41, 5.74) is 2.76. The highest BCUT2D eigenvalue weighted by Gasteiger charge is 2.26. The third kappa shape index (κ3) is 5.06. The molecule has 2 aromatic carbocycles. The van der Waals surface area contributed by atoms with Crippen molar-refractivity contribution < 1.29 is 9.53 Å². The van der Waals surface area contributed by atoms with Crippen molar-refractivity contribution in [2.24, 2.45) is 0 Å². The van der Waals surface area contributed by atoms with Crippen molar-refractivity contribution in [3.05, 3.63) is 83.8 Å². The van der Waals surface area contributed by atoms with Crippen LogP contribution in [0, 0.1) is 0 Å². The van der Waals surface area contributed by atoms with Crippen molar-refractivity contribution in [3.8, 4) is 5.75 Å². The molecule has 4 rings (SSSR count). The van der Waals surface area contributed by atoms with Crippen molar-refractivity contribution in [2.75, 3.05) is 38.6 Å². The Morgan fingerprint density at radius 1 is 1.09 bits per heavy atom. The lowest BCUT2D eigenvalue weighted by Crippen LogP contribution is -2.33. The number of carbonyl (C=O) groups excluding carboxylic acids is 1. The number of ether oxygens (including phenoxy) is 1. The molecule has 1 N–H and O–H groups in total. The van der Waals surface area contributed by atoms with E-state index in [1.807, 2.05) is 66.4 Å². The first-order valence-corrected chi connectivity index (χ1v) is 10.9. The smallest absolute Gasteiger partial charge is 0.259 e. The summed E-state index contributed by atoms with van der Waals surface area (Å²) in [5.74, 6) is 1.46. The molecule has 1 aliphatic rings. The average Bonchev–Trinajstić information content (AvgIpc) is 2.96. The van der Waals surface area contributed by atoms with Crippen LogP contribution in [0.5, 0.6) is 5.75 Å². The van der Waals surface area contributed by atoms with Crippen molar-refractivity contribution in [3.63, 3.8) is 0 Å². The lowest BCUT2D eigenvalue weighted by Gasteiger charge is -2.22. The highest BCUT2D eigenvalue weighted by Crippen LogP contribution is 2.26. The number of likely N-dealkylation sites (N-methyl/N-ethyl adjacent to an activating group) is 1. The van der Waals surface area contributed by atoms with Gasteiger partial charge < -0.3 is 19.9 Å². The molecule has 7 heteroatoms. The number of rotatable bonds is 8. The molecule has 0 aliphatic carbocycles. The quantitative estimate of drug-likeness (QED) is 0.590. The maximum atomic E-state index is 13.0. The first-order chi connectivity index (χ1) is 15.7. The van der Waals surface area contributed by atoms with Crippen molar-refractivity contribution in [1.82, 2.24) is 20.2 Å². The van der Waals surface area contributed by atoms with E-state index in [2.05, 4.69) is 27.4 Å². The molecule has 0 unspecified atom stereocenters. The van der Waals surface area contributed by atoms with Gasteiger partial charge in [-0.15, -0.1) is 0 Å². The lowest BCUT2D eigenvalue weighted by atomic mass is 10.1. The molecule has 166 valence electrons. The normalized spacial score (nSPS) is 14.6. The van der Waals surface area contributed by atoms with Crippen LogP contribution in [0.15, 0.2) is 67.1 Å². The van der Waals surface area contributed by atoms with Crippen LogP contribution < -0.4 is 15.0 Å². The number of anilines is 1. The first-order valence-electron chi connectivity index (χ1n) is 10.9. The monoisotopic (exact) mass is 431 g/mol. The van der Waals surface area contributed by atoms with E-state index in [9.17, 15) is 4.79 Å². The van der Waals surface area contributed by atoms with Crippen LogP contribution >= 0.6 is 0 Å². The van der Waals surface area contributed by atoms with Crippen LogP contribution in [0.3, 0.4) is 0 Å². The minimum atomic E-state index is -0.0403. The van der Waals surface area contributed by atoms with Crippen LogP contribution in [-0.4, -0.2) is 54.5 Å². The molecule has 0 radical (unpaired) electrons. The zero-order valence-corrected chi connectivity index (χ0v) is 18.6. The summed E-state index contributed by atoms with van der Waals surface area (Å²) in [5, 5.41) is 3.20. The third-order valence-corrected chi connectivity index (χ3v) is 5.68. The highest BCUT2D eigenvalue weighted by atomic mass is 16.5. The zero-order valence-electron chi connectivity index (χ0n) is 18.6. The van der Waals surface area contributed by atoms with Gasteiger partial charge in [-0.25, -0.2) is 9.97 Å². The van der Waals surface area contributed by atoms with E-state index in [-0.39, 0.29) is 12.0 Å². The largest absolute Gasteiger partial charge is 0.486 e. The van der Waals surface area contributed by atoms with Gasteiger partial charge in [-0.05, 0) is 36.9 Å². The van der Waals surface area contributed by atoms with Gasteiger partial charge >= 0.3 is 0 Å². The molecule has 3 aromatic rings. The number of benzene rings is 2. The standard InChI is InChI=1S/C25H29N5O2/c1-26-13-12-23(20-6-4-3-5-7-20)32-21-10-8-19(9-11-21)17-30-15-14-29(2)24-22(25(30)31)16-27-18-28-24/h3-11,16,18,23,26H,12-15,17H2,1-2H3/t23-/m0/s1. The number of hydrogen-bond donors (Lipinski definition) is 1. The molecule has 0 spiro atoms. The van der Waals surface area contributed by atoms with Crippen LogP contribution in [-0.2, 0) is 6.54 Å². The number of amides is 1. The molecule has 2 heterocycles. The van der Waals surface area contributed by atoms with E-state index in [0.717, 1.165) is 36.4 Å². The first kappa shape index (κ1) is 21.8. The van der Waals surface area contributed by atoms with Gasteiger partial charge in [-0.1, -0.05) is 42.5 Å². The minimum Gasteiger partial charge on any atom is -0.486 e. The summed E-state index contributed by atoms with van der Waals surface area (Å²) in [7, 11) is 3.90. The Bertz CT molecular complexity index is 1030. The summed E-state index contributed by atoms with van der Waals surface area (Å²) in [6.45, 7) is 2.75. The maximum Gasteiger partial charge on any atom is 0.259 e. The fourth-order valence-electron chi connectivity index (χ4n) is 3.87. The number of hydrogen-bond acceptors (Lipinski definition) is 6. The number of carbonyl (C=O) groups is 1. The highest BCUT2D eigenvalue weighted by molar-refractivity contribution is 5.99. The average molecular weight is 432 g/mol. The molecule has 1 amide bonds. The van der Waals surface area contributed by atoms with Gasteiger partial charge in [0.05, 0.1) is 0 Å². The van der Waals surface area contributed by atoms with Crippen LogP contribution in [0.25, 0.3) is 0 Å². The molecule has 0 fully saturated rings. The Morgan fingerprint density at radius 3 is 2.62 bits per heavy atom. The van der Waals surface area contributed by atoms with Crippen LogP contribution in [0.2, 0.25) is 0 Å². The number of aromatic nitrogens is 2. The SMILES string of the molecule is CNCC[C@H](Oc1ccc(CN2CCN(C)c3ncncc3C2=O)cc1)c1ccccc1. The van der Waals surface area contributed by atoms with Crippen molar-refractivity contribution in [1.29, 1.82) is 0 Å². The second kappa shape index (κ2) is 10.2. The Hall–Kier alpha value is -3.45. The van der Waals surface area contributed by atoms with Gasteiger partial charge in [0.25, 0.3) is 5.91 Å². The predicted molar refractivity (Wildman–Crippen MR) is 125 cm³/mol. The molecule has 1 aliphatic heterocycles. The molecule has 1 atom stereocenters. The fourth-order valence-corrected chi connectivity index (χ4v) is 3.87. The van der Waals surface area contributed by atoms with Crippen LogP contribution in [0.1, 0.15) is 34.0 Å². The van der Waals surface area contributed by atoms with E-state index < -0.39 is 0 Å². The molecule has 0 saturated carbocycles. The fraction of sp³-hybridized carbons (Fsp3) is 0.320. The number of nitrogens with zero attached hydrogens (tertiary/aromatic N) is 4. The Balaban J connectivity index is 1.45. The van der Waals surface area contributed by atoms with Gasteiger partial charge in [0.1, 0.15) is 29.6 Å². The van der Waals surface area contributed by atoms with Crippen LogP contribution in [0.4, 0.5) is 5.82 Å². The van der Waals surface area contributed by atoms with Crippen molar-refractivity contribution >= 4 is 11.7 Å². The van der Waals surface area contributed by atoms with Crippen molar-refractivity contribution in [2.45, 2.75) is 19.1 Å². The minimum absolute atomic E-state index is 0.0197. The van der Waals surface area contributed by atoms with E-state index in [0.29, 0.717) is 24.5 Å². The summed E-state index contributed by atoms with van der Waals surface area (Å²) in [6, 6.07) is 18.3. The number of nitrogens with one attached hydrogen (secondary N) is 1. The van der Waals surface area contributed by atoms with E-state index in [4.69, 9.17) is 4.74 Å². The van der Waals surface area contributed by atoms with E-state index in [1.54, 1.807) is 6.20 Å². The maximum absolute atomic E-state index is 13.0. The molecule has 32 heavy (non-hydrogen) atoms. The number of fused-ring (bicyclic) bond motifs is 1. The van der Waals surface area contributed by atoms with Gasteiger partial charge in [0, 0.05) is 39.3 Å².